The Hall–Kier alpha value is -3.34. The molecule has 5 nitrogen and oxygen atoms in total. The predicted molar refractivity (Wildman–Crippen MR) is 101 cm³/mol. The van der Waals surface area contributed by atoms with Crippen molar-refractivity contribution in [1.82, 2.24) is 5.43 Å². The quantitative estimate of drug-likeness (QED) is 0.583. The van der Waals surface area contributed by atoms with Gasteiger partial charge in [-0.15, -0.1) is 0 Å². The number of benzene rings is 3. The van der Waals surface area contributed by atoms with Gasteiger partial charge in [0, 0.05) is 0 Å². The Bertz CT molecular complexity index is 983. The molecule has 26 heavy (non-hydrogen) atoms. The van der Waals surface area contributed by atoms with Crippen LogP contribution in [-0.4, -0.2) is 24.3 Å². The lowest BCUT2D eigenvalue weighted by molar-refractivity contribution is -0.130. The lowest BCUT2D eigenvalue weighted by Gasteiger charge is -2.25. The van der Waals surface area contributed by atoms with Crippen LogP contribution >= 0.6 is 0 Å². The first kappa shape index (κ1) is 16.1. The van der Waals surface area contributed by atoms with Crippen LogP contribution in [-0.2, 0) is 4.79 Å². The lowest BCUT2D eigenvalue weighted by atomic mass is 10.1. The summed E-state index contributed by atoms with van der Waals surface area (Å²) in [4.78, 5) is 12.4. The zero-order valence-corrected chi connectivity index (χ0v) is 14.3. The molecule has 0 radical (unpaired) electrons. The normalized spacial score (nSPS) is 16.3. The fourth-order valence-electron chi connectivity index (χ4n) is 2.84. The van der Waals surface area contributed by atoms with E-state index >= 15 is 0 Å². The highest BCUT2D eigenvalue weighted by atomic mass is 16.6. The van der Waals surface area contributed by atoms with Crippen molar-refractivity contribution < 1.29 is 14.3 Å². The van der Waals surface area contributed by atoms with E-state index in [9.17, 15) is 4.79 Å². The average Bonchev–Trinajstić information content (AvgIpc) is 2.70. The monoisotopic (exact) mass is 346 g/mol. The summed E-state index contributed by atoms with van der Waals surface area (Å²) in [6, 6.07) is 21.4. The van der Waals surface area contributed by atoms with Crippen molar-refractivity contribution in [3.63, 3.8) is 0 Å². The number of amides is 1. The number of hydrogen-bond acceptors (Lipinski definition) is 4. The first-order valence-corrected chi connectivity index (χ1v) is 8.42. The predicted octanol–water partition coefficient (Wildman–Crippen LogP) is 3.52. The third-order valence-corrected chi connectivity index (χ3v) is 4.29. The van der Waals surface area contributed by atoms with Gasteiger partial charge in [0.1, 0.15) is 6.61 Å². The van der Waals surface area contributed by atoms with Gasteiger partial charge in [0.25, 0.3) is 5.91 Å². The van der Waals surface area contributed by atoms with Crippen LogP contribution in [0.4, 0.5) is 0 Å². The second-order valence-electron chi connectivity index (χ2n) is 6.10. The van der Waals surface area contributed by atoms with Crippen LogP contribution in [0.3, 0.4) is 0 Å². The number of nitrogens with one attached hydrogen (secondary N) is 1. The Balaban J connectivity index is 1.48. The van der Waals surface area contributed by atoms with Crippen LogP contribution in [0.1, 0.15) is 12.5 Å². The molecule has 5 heteroatoms. The van der Waals surface area contributed by atoms with E-state index in [2.05, 4.69) is 10.5 Å². The second-order valence-corrected chi connectivity index (χ2v) is 6.10. The number of carbonyl (C=O) groups is 1. The first-order valence-electron chi connectivity index (χ1n) is 8.42. The highest BCUT2D eigenvalue weighted by molar-refractivity contribution is 5.99. The van der Waals surface area contributed by atoms with E-state index in [1.165, 1.54) is 0 Å². The summed E-state index contributed by atoms with van der Waals surface area (Å²) in [5, 5.41) is 6.26. The van der Waals surface area contributed by atoms with E-state index in [1.807, 2.05) is 73.7 Å². The Morgan fingerprint density at radius 3 is 2.38 bits per heavy atom. The van der Waals surface area contributed by atoms with Crippen molar-refractivity contribution in [2.24, 2.45) is 5.10 Å². The zero-order valence-electron chi connectivity index (χ0n) is 14.3. The summed E-state index contributed by atoms with van der Waals surface area (Å²) in [5.41, 5.74) is 4.24. The molecule has 0 bridgehead atoms. The first-order chi connectivity index (χ1) is 12.7. The summed E-state index contributed by atoms with van der Waals surface area (Å²) in [6.07, 6.45) is -0.740. The topological polar surface area (TPSA) is 59.9 Å². The SMILES string of the molecule is CC(=NNC(=O)C1COc2cc3ccccc3cc2O1)c1ccccc1. The number of carbonyl (C=O) groups excluding carboxylic acids is 1. The van der Waals surface area contributed by atoms with Crippen molar-refractivity contribution in [3.8, 4) is 11.5 Å². The Kier molecular flexibility index (Phi) is 4.27. The molecule has 0 fully saturated rings. The highest BCUT2D eigenvalue weighted by Gasteiger charge is 2.27. The minimum Gasteiger partial charge on any atom is -0.485 e. The molecule has 4 rings (SSSR count). The van der Waals surface area contributed by atoms with Crippen LogP contribution in [0.15, 0.2) is 71.8 Å². The van der Waals surface area contributed by atoms with Gasteiger partial charge in [0.05, 0.1) is 5.71 Å². The van der Waals surface area contributed by atoms with E-state index in [0.717, 1.165) is 22.0 Å². The lowest BCUT2D eigenvalue weighted by Crippen LogP contribution is -2.42. The number of hydrogen-bond donors (Lipinski definition) is 1. The number of nitrogens with zero attached hydrogens (tertiary/aromatic N) is 1. The van der Waals surface area contributed by atoms with Crippen molar-refractivity contribution in [1.29, 1.82) is 0 Å². The third kappa shape index (κ3) is 3.24. The van der Waals surface area contributed by atoms with Gasteiger partial charge in [-0.2, -0.15) is 5.10 Å². The van der Waals surface area contributed by atoms with Crippen molar-refractivity contribution in [2.45, 2.75) is 13.0 Å². The Morgan fingerprint density at radius 1 is 1.00 bits per heavy atom. The molecule has 1 atom stereocenters. The van der Waals surface area contributed by atoms with Gasteiger partial charge in [-0.05, 0) is 35.4 Å². The van der Waals surface area contributed by atoms with E-state index in [-0.39, 0.29) is 12.5 Å². The van der Waals surface area contributed by atoms with Gasteiger partial charge in [-0.1, -0.05) is 54.6 Å². The van der Waals surface area contributed by atoms with Crippen LogP contribution < -0.4 is 14.9 Å². The summed E-state index contributed by atoms with van der Waals surface area (Å²) in [6.45, 7) is 1.99. The molecular formula is C21H18N2O3. The molecule has 1 amide bonds. The number of fused-ring (bicyclic) bond motifs is 2. The van der Waals surface area contributed by atoms with Crippen LogP contribution in [0.5, 0.6) is 11.5 Å². The van der Waals surface area contributed by atoms with Gasteiger partial charge >= 0.3 is 0 Å². The van der Waals surface area contributed by atoms with Crippen LogP contribution in [0.25, 0.3) is 10.8 Å². The van der Waals surface area contributed by atoms with Crippen molar-refractivity contribution in [3.05, 3.63) is 72.3 Å². The molecule has 1 aliphatic heterocycles. The van der Waals surface area contributed by atoms with Gasteiger partial charge in [0.15, 0.2) is 11.5 Å². The summed E-state index contributed by atoms with van der Waals surface area (Å²) < 4.78 is 11.6. The van der Waals surface area contributed by atoms with Gasteiger partial charge in [0.2, 0.25) is 6.10 Å². The van der Waals surface area contributed by atoms with E-state index in [0.29, 0.717) is 11.5 Å². The van der Waals surface area contributed by atoms with E-state index < -0.39 is 6.10 Å². The maximum Gasteiger partial charge on any atom is 0.284 e. The number of hydrazone groups is 1. The molecule has 1 aliphatic rings. The molecule has 1 heterocycles. The molecule has 3 aromatic rings. The second kappa shape index (κ2) is 6.88. The molecule has 0 saturated carbocycles. The molecule has 0 aromatic heterocycles. The maximum atomic E-state index is 12.4. The Morgan fingerprint density at radius 2 is 1.65 bits per heavy atom. The highest BCUT2D eigenvalue weighted by Crippen LogP contribution is 2.35. The number of rotatable bonds is 3. The number of ether oxygens (including phenoxy) is 2. The largest absolute Gasteiger partial charge is 0.485 e. The van der Waals surface area contributed by atoms with Gasteiger partial charge < -0.3 is 9.47 Å². The molecule has 130 valence electrons. The third-order valence-electron chi connectivity index (χ3n) is 4.29. The Labute approximate surface area is 151 Å². The average molecular weight is 346 g/mol. The van der Waals surface area contributed by atoms with Crippen molar-refractivity contribution >= 4 is 22.4 Å². The fraction of sp³-hybridized carbons (Fsp3) is 0.143. The fourth-order valence-corrected chi connectivity index (χ4v) is 2.84. The summed E-state index contributed by atoms with van der Waals surface area (Å²) >= 11 is 0. The van der Waals surface area contributed by atoms with Crippen molar-refractivity contribution in [2.75, 3.05) is 6.61 Å². The molecule has 1 N–H and O–H groups in total. The molecule has 0 aliphatic carbocycles. The molecular weight excluding hydrogens is 328 g/mol. The van der Waals surface area contributed by atoms with Gasteiger partial charge in [-0.3, -0.25) is 4.79 Å². The zero-order chi connectivity index (χ0) is 17.9. The van der Waals surface area contributed by atoms with Gasteiger partial charge in [-0.25, -0.2) is 5.43 Å². The molecule has 3 aromatic carbocycles. The van der Waals surface area contributed by atoms with Crippen LogP contribution in [0, 0.1) is 0 Å². The standard InChI is InChI=1S/C21H18N2O3/c1-14(15-7-3-2-4-8-15)22-23-21(24)20-13-25-18-11-16-9-5-6-10-17(16)12-19(18)26-20/h2-12,20H,13H2,1H3,(H,23,24). The smallest absolute Gasteiger partial charge is 0.284 e. The molecule has 1 unspecified atom stereocenters. The minimum atomic E-state index is -0.740. The molecule has 0 saturated heterocycles. The van der Waals surface area contributed by atoms with E-state index in [4.69, 9.17) is 9.47 Å². The maximum absolute atomic E-state index is 12.4. The summed E-state index contributed by atoms with van der Waals surface area (Å²) in [5.74, 6) is 0.884. The molecule has 0 spiro atoms. The van der Waals surface area contributed by atoms with Crippen LogP contribution in [0.2, 0.25) is 0 Å². The van der Waals surface area contributed by atoms with E-state index in [1.54, 1.807) is 0 Å². The minimum absolute atomic E-state index is 0.150. The summed E-state index contributed by atoms with van der Waals surface area (Å²) in [7, 11) is 0.